The van der Waals surface area contributed by atoms with E-state index in [4.69, 9.17) is 10.5 Å². The summed E-state index contributed by atoms with van der Waals surface area (Å²) >= 11 is 1.70. The first-order valence-corrected chi connectivity index (χ1v) is 5.46. The van der Waals surface area contributed by atoms with Crippen molar-refractivity contribution in [2.24, 2.45) is 11.7 Å². The fourth-order valence-electron chi connectivity index (χ4n) is 1.60. The van der Waals surface area contributed by atoms with Crippen LogP contribution in [0.3, 0.4) is 0 Å². The van der Waals surface area contributed by atoms with E-state index in [1.807, 2.05) is 11.6 Å². The zero-order valence-electron chi connectivity index (χ0n) is 7.48. The molecule has 72 valence electrons. The van der Waals surface area contributed by atoms with Gasteiger partial charge in [0.2, 0.25) is 0 Å². The summed E-state index contributed by atoms with van der Waals surface area (Å²) in [6.07, 6.45) is 3.80. The Labute approximate surface area is 81.9 Å². The maximum absolute atomic E-state index is 5.99. The molecule has 1 fully saturated rings. The molecule has 2 rings (SSSR count). The quantitative estimate of drug-likeness (QED) is 0.772. The third kappa shape index (κ3) is 2.27. The van der Waals surface area contributed by atoms with Crippen LogP contribution in [0.5, 0.6) is 0 Å². The fraction of sp³-hybridized carbons (Fsp3) is 0.667. The Morgan fingerprint density at radius 2 is 2.62 bits per heavy atom. The Hall–Kier alpha value is -0.450. The van der Waals surface area contributed by atoms with Crippen molar-refractivity contribution in [1.29, 1.82) is 0 Å². The second-order valence-electron chi connectivity index (χ2n) is 3.42. The van der Waals surface area contributed by atoms with Crippen molar-refractivity contribution >= 4 is 11.3 Å². The van der Waals surface area contributed by atoms with Gasteiger partial charge in [-0.05, 0) is 6.42 Å². The van der Waals surface area contributed by atoms with Crippen LogP contribution >= 0.6 is 11.3 Å². The van der Waals surface area contributed by atoms with Crippen LogP contribution in [-0.4, -0.2) is 24.2 Å². The minimum Gasteiger partial charge on any atom is -0.381 e. The zero-order chi connectivity index (χ0) is 9.10. The monoisotopic (exact) mass is 198 g/mol. The Morgan fingerprint density at radius 1 is 1.69 bits per heavy atom. The topological polar surface area (TPSA) is 48.1 Å². The van der Waals surface area contributed by atoms with Crippen LogP contribution in [-0.2, 0) is 11.2 Å². The van der Waals surface area contributed by atoms with Crippen LogP contribution in [0, 0.1) is 5.92 Å². The summed E-state index contributed by atoms with van der Waals surface area (Å²) < 4.78 is 5.40. The molecular formula is C9H14N2OS. The average Bonchev–Trinajstić information content (AvgIpc) is 2.61. The molecule has 0 spiro atoms. The normalized spacial score (nSPS) is 29.0. The largest absolute Gasteiger partial charge is 0.381 e. The van der Waals surface area contributed by atoms with Gasteiger partial charge in [0.05, 0.1) is 11.6 Å². The van der Waals surface area contributed by atoms with E-state index in [9.17, 15) is 0 Å². The van der Waals surface area contributed by atoms with Crippen LogP contribution < -0.4 is 5.73 Å². The lowest BCUT2D eigenvalue weighted by atomic mass is 9.94. The van der Waals surface area contributed by atoms with Gasteiger partial charge in [0.15, 0.2) is 0 Å². The molecule has 13 heavy (non-hydrogen) atoms. The van der Waals surface area contributed by atoms with Gasteiger partial charge in [-0.2, -0.15) is 0 Å². The lowest BCUT2D eigenvalue weighted by Crippen LogP contribution is -2.39. The van der Waals surface area contributed by atoms with Gasteiger partial charge in [-0.15, -0.1) is 11.3 Å². The van der Waals surface area contributed by atoms with Gasteiger partial charge in [-0.3, -0.25) is 0 Å². The number of nitrogens with zero attached hydrogens (tertiary/aromatic N) is 1. The standard InChI is InChI=1S/C9H14N2OS/c10-8-1-3-12-6-7(8)5-9-11-2-4-13-9/h2,4,7-8H,1,3,5-6,10H2. The van der Waals surface area contributed by atoms with Crippen molar-refractivity contribution in [3.05, 3.63) is 16.6 Å². The van der Waals surface area contributed by atoms with E-state index < -0.39 is 0 Å². The molecule has 0 saturated carbocycles. The summed E-state index contributed by atoms with van der Waals surface area (Å²) in [6.45, 7) is 1.61. The summed E-state index contributed by atoms with van der Waals surface area (Å²) in [4.78, 5) is 4.25. The molecule has 1 aliphatic rings. The highest BCUT2D eigenvalue weighted by molar-refractivity contribution is 7.09. The van der Waals surface area contributed by atoms with Crippen molar-refractivity contribution in [3.63, 3.8) is 0 Å². The van der Waals surface area contributed by atoms with Crippen molar-refractivity contribution < 1.29 is 4.74 Å². The van der Waals surface area contributed by atoms with Gasteiger partial charge in [0, 0.05) is 36.6 Å². The molecule has 0 radical (unpaired) electrons. The van der Waals surface area contributed by atoms with E-state index in [0.29, 0.717) is 5.92 Å². The second kappa shape index (κ2) is 4.17. The second-order valence-corrected chi connectivity index (χ2v) is 4.40. The minimum absolute atomic E-state index is 0.289. The molecule has 0 aliphatic carbocycles. The molecule has 2 heterocycles. The molecule has 2 N–H and O–H groups in total. The minimum atomic E-state index is 0.289. The molecule has 0 aromatic carbocycles. The van der Waals surface area contributed by atoms with Crippen LogP contribution in [0.2, 0.25) is 0 Å². The zero-order valence-corrected chi connectivity index (χ0v) is 8.30. The molecule has 1 aromatic heterocycles. The van der Waals surface area contributed by atoms with E-state index in [2.05, 4.69) is 4.98 Å². The van der Waals surface area contributed by atoms with Gasteiger partial charge >= 0.3 is 0 Å². The van der Waals surface area contributed by atoms with Crippen molar-refractivity contribution in [2.75, 3.05) is 13.2 Å². The Balaban J connectivity index is 1.93. The molecule has 3 nitrogen and oxygen atoms in total. The van der Waals surface area contributed by atoms with Gasteiger partial charge in [0.1, 0.15) is 0 Å². The molecule has 2 unspecified atom stereocenters. The van der Waals surface area contributed by atoms with E-state index in [1.54, 1.807) is 11.3 Å². The van der Waals surface area contributed by atoms with Crippen molar-refractivity contribution in [2.45, 2.75) is 18.9 Å². The Morgan fingerprint density at radius 3 is 3.31 bits per heavy atom. The van der Waals surface area contributed by atoms with Crippen molar-refractivity contribution in [1.82, 2.24) is 4.98 Å². The molecule has 2 atom stereocenters. The van der Waals surface area contributed by atoms with E-state index >= 15 is 0 Å². The summed E-state index contributed by atoms with van der Waals surface area (Å²) in [7, 11) is 0. The lowest BCUT2D eigenvalue weighted by Gasteiger charge is -2.27. The molecule has 1 saturated heterocycles. The maximum atomic E-state index is 5.99. The van der Waals surface area contributed by atoms with Gasteiger partial charge in [-0.25, -0.2) is 4.98 Å². The van der Waals surface area contributed by atoms with E-state index in [-0.39, 0.29) is 6.04 Å². The summed E-state index contributed by atoms with van der Waals surface area (Å²) in [6, 6.07) is 0.289. The number of hydrogen-bond acceptors (Lipinski definition) is 4. The molecule has 4 heteroatoms. The average molecular weight is 198 g/mol. The molecular weight excluding hydrogens is 184 g/mol. The summed E-state index contributed by atoms with van der Waals surface area (Å²) in [5, 5.41) is 3.18. The fourth-order valence-corrected chi connectivity index (χ4v) is 2.31. The number of rotatable bonds is 2. The third-order valence-electron chi connectivity index (χ3n) is 2.45. The SMILES string of the molecule is NC1CCOCC1Cc1nccs1. The van der Waals surface area contributed by atoms with Crippen LogP contribution in [0.25, 0.3) is 0 Å². The highest BCUT2D eigenvalue weighted by atomic mass is 32.1. The highest BCUT2D eigenvalue weighted by Gasteiger charge is 2.23. The Kier molecular flexibility index (Phi) is 2.93. The van der Waals surface area contributed by atoms with E-state index in [1.165, 1.54) is 5.01 Å². The first-order valence-electron chi connectivity index (χ1n) is 4.58. The predicted molar refractivity (Wildman–Crippen MR) is 52.7 cm³/mol. The first-order chi connectivity index (χ1) is 6.36. The molecule has 0 amide bonds. The van der Waals surface area contributed by atoms with Crippen LogP contribution in [0.4, 0.5) is 0 Å². The number of aromatic nitrogens is 1. The maximum Gasteiger partial charge on any atom is 0.0929 e. The van der Waals surface area contributed by atoms with E-state index in [0.717, 1.165) is 26.1 Å². The van der Waals surface area contributed by atoms with Gasteiger partial charge in [-0.1, -0.05) is 0 Å². The Bertz CT molecular complexity index is 250. The number of hydrogen-bond donors (Lipinski definition) is 1. The van der Waals surface area contributed by atoms with Gasteiger partial charge in [0.25, 0.3) is 0 Å². The van der Waals surface area contributed by atoms with Crippen molar-refractivity contribution in [3.8, 4) is 0 Å². The summed E-state index contributed by atoms with van der Waals surface area (Å²) in [5.41, 5.74) is 5.99. The number of ether oxygens (including phenoxy) is 1. The van der Waals surface area contributed by atoms with Crippen LogP contribution in [0.15, 0.2) is 11.6 Å². The summed E-state index contributed by atoms with van der Waals surface area (Å²) in [5.74, 6) is 0.458. The van der Waals surface area contributed by atoms with Gasteiger partial charge < -0.3 is 10.5 Å². The number of thiazole rings is 1. The molecule has 1 aliphatic heterocycles. The molecule has 0 bridgehead atoms. The third-order valence-corrected chi connectivity index (χ3v) is 3.26. The first kappa shape index (κ1) is 9.12. The predicted octanol–water partition coefficient (Wildman–Crippen LogP) is 1.05. The number of nitrogens with two attached hydrogens (primary N) is 1. The smallest absolute Gasteiger partial charge is 0.0929 e. The van der Waals surface area contributed by atoms with Crippen LogP contribution in [0.1, 0.15) is 11.4 Å². The lowest BCUT2D eigenvalue weighted by molar-refractivity contribution is 0.0422. The highest BCUT2D eigenvalue weighted by Crippen LogP contribution is 2.19. The molecule has 1 aromatic rings.